The fraction of sp³-hybridized carbons (Fsp3) is 0.500. The van der Waals surface area contributed by atoms with Crippen LogP contribution in [-0.2, 0) is 9.53 Å². The van der Waals surface area contributed by atoms with Crippen LogP contribution in [0.3, 0.4) is 0 Å². The van der Waals surface area contributed by atoms with Crippen LogP contribution >= 0.6 is 12.6 Å². The first-order chi connectivity index (χ1) is 4.18. The molecule has 50 valence electrons. The van der Waals surface area contributed by atoms with E-state index in [0.29, 0.717) is 0 Å². The van der Waals surface area contributed by atoms with Crippen molar-refractivity contribution >= 4 is 18.6 Å². The highest BCUT2D eigenvalue weighted by Crippen LogP contribution is 1.93. The molecule has 0 aromatic heterocycles. The largest absolute Gasteiger partial charge is 0.371 e. The van der Waals surface area contributed by atoms with Crippen LogP contribution in [-0.4, -0.2) is 11.2 Å². The molecule has 1 atom stereocenters. The Morgan fingerprint density at radius 2 is 2.33 bits per heavy atom. The lowest BCUT2D eigenvalue weighted by Crippen LogP contribution is -2.11. The molecule has 9 heavy (non-hydrogen) atoms. The normalized spacial score (nSPS) is 11.0. The lowest BCUT2D eigenvalue weighted by Gasteiger charge is -1.95. The van der Waals surface area contributed by atoms with Gasteiger partial charge in [-0.05, 0) is 6.92 Å². The smallest absolute Gasteiger partial charge is 0.332 e. The second kappa shape index (κ2) is 4.28. The molecule has 0 amide bonds. The number of thiol groups is 1. The molecule has 3 heteroatoms. The van der Waals surface area contributed by atoms with E-state index in [0.717, 1.165) is 0 Å². The van der Waals surface area contributed by atoms with Crippen molar-refractivity contribution in [3.05, 3.63) is 0 Å². The minimum absolute atomic E-state index is 0.397. The highest BCUT2D eigenvalue weighted by Gasteiger charge is 2.06. The van der Waals surface area contributed by atoms with E-state index in [1.165, 1.54) is 0 Å². The maximum atomic E-state index is 10.5. The van der Waals surface area contributed by atoms with Gasteiger partial charge in [-0.25, -0.2) is 4.79 Å². The van der Waals surface area contributed by atoms with Crippen LogP contribution in [0.15, 0.2) is 0 Å². The number of rotatable bonds is 1. The summed E-state index contributed by atoms with van der Waals surface area (Å²) in [7, 11) is 0. The molecule has 0 aliphatic rings. The third kappa shape index (κ3) is 3.92. The Morgan fingerprint density at radius 1 is 1.78 bits per heavy atom. The molecule has 0 radical (unpaired) electrons. The van der Waals surface area contributed by atoms with Gasteiger partial charge < -0.3 is 4.74 Å². The summed E-state index contributed by atoms with van der Waals surface area (Å²) >= 11 is 3.82. The van der Waals surface area contributed by atoms with Crippen molar-refractivity contribution < 1.29 is 9.53 Å². The van der Waals surface area contributed by atoms with E-state index in [9.17, 15) is 4.79 Å². The quantitative estimate of drug-likeness (QED) is 0.335. The molecule has 0 aromatic rings. The average Bonchev–Trinajstić information content (AvgIpc) is 1.82. The second-order valence-corrected chi connectivity index (χ2v) is 2.22. The van der Waals surface area contributed by atoms with E-state index < -0.39 is 11.2 Å². The summed E-state index contributed by atoms with van der Waals surface area (Å²) in [4.78, 5) is 10.5. The Hall–Kier alpha value is -0.620. The van der Waals surface area contributed by atoms with Gasteiger partial charge in [0.15, 0.2) is 0 Å². The van der Waals surface area contributed by atoms with E-state index in [2.05, 4.69) is 29.4 Å². The van der Waals surface area contributed by atoms with Gasteiger partial charge in [0.2, 0.25) is 0 Å². The van der Waals surface area contributed by atoms with Gasteiger partial charge in [0.1, 0.15) is 6.11 Å². The van der Waals surface area contributed by atoms with Gasteiger partial charge in [0.25, 0.3) is 0 Å². The van der Waals surface area contributed by atoms with Crippen molar-refractivity contribution in [2.45, 2.75) is 19.1 Å². The summed E-state index contributed by atoms with van der Waals surface area (Å²) in [6, 6.07) is 0. The van der Waals surface area contributed by atoms with Crippen molar-refractivity contribution in [3.63, 3.8) is 0 Å². The maximum absolute atomic E-state index is 10.5. The predicted octanol–water partition coefficient (Wildman–Crippen LogP) is 0.829. The number of ether oxygens (including phenoxy) is 1. The van der Waals surface area contributed by atoms with Crippen LogP contribution in [0.4, 0.5) is 0 Å². The Balaban J connectivity index is 3.60. The maximum Gasteiger partial charge on any atom is 0.332 e. The molecule has 2 nitrogen and oxygen atoms in total. The summed E-state index contributed by atoms with van der Waals surface area (Å²) in [6.45, 7) is 3.22. The molecule has 0 fully saturated rings. The summed E-state index contributed by atoms with van der Waals surface area (Å²) in [6.07, 6.45) is 2.18. The number of hydrogen-bond donors (Lipinski definition) is 1. The molecule has 0 aliphatic heterocycles. The van der Waals surface area contributed by atoms with Crippen LogP contribution in [0.2, 0.25) is 0 Å². The van der Waals surface area contributed by atoms with Crippen molar-refractivity contribution in [2.75, 3.05) is 0 Å². The van der Waals surface area contributed by atoms with Crippen molar-refractivity contribution in [2.24, 2.45) is 0 Å². The lowest BCUT2D eigenvalue weighted by atomic mass is 10.5. The highest BCUT2D eigenvalue weighted by molar-refractivity contribution is 7.81. The number of carbonyl (C=O) groups excluding carboxylic acids is 1. The molecule has 0 aliphatic carbocycles. The molecule has 0 aromatic carbocycles. The van der Waals surface area contributed by atoms with Crippen molar-refractivity contribution in [1.82, 2.24) is 0 Å². The standard InChI is InChI=1S/C6H8O2S/c1-3-4-8-6(7)5(2)9/h5,9H,1-2H3. The van der Waals surface area contributed by atoms with E-state index in [1.807, 2.05) is 0 Å². The Labute approximate surface area is 60.0 Å². The minimum atomic E-state index is -0.410. The number of carbonyl (C=O) groups is 1. The van der Waals surface area contributed by atoms with Gasteiger partial charge in [0, 0.05) is 6.92 Å². The second-order valence-electron chi connectivity index (χ2n) is 1.45. The summed E-state index contributed by atoms with van der Waals surface area (Å²) < 4.78 is 4.38. The zero-order valence-corrected chi connectivity index (χ0v) is 6.24. The van der Waals surface area contributed by atoms with Crippen LogP contribution in [0.1, 0.15) is 13.8 Å². The third-order valence-electron chi connectivity index (χ3n) is 0.595. The van der Waals surface area contributed by atoms with Crippen molar-refractivity contribution in [3.8, 4) is 12.0 Å². The SMILES string of the molecule is CC#COC(=O)C(C)S. The number of esters is 1. The summed E-state index contributed by atoms with van der Waals surface area (Å²) in [5, 5.41) is -0.397. The molecule has 0 saturated heterocycles. The van der Waals surface area contributed by atoms with Gasteiger partial charge in [-0.2, -0.15) is 12.6 Å². The highest BCUT2D eigenvalue weighted by atomic mass is 32.1. The molecule has 0 rings (SSSR count). The molecule has 0 spiro atoms. The van der Waals surface area contributed by atoms with Gasteiger partial charge in [-0.1, -0.05) is 5.92 Å². The van der Waals surface area contributed by atoms with Crippen LogP contribution in [0.25, 0.3) is 0 Å². The topological polar surface area (TPSA) is 26.3 Å². The van der Waals surface area contributed by atoms with E-state index in [4.69, 9.17) is 0 Å². The zero-order valence-electron chi connectivity index (χ0n) is 5.34. The van der Waals surface area contributed by atoms with E-state index in [-0.39, 0.29) is 0 Å². The molecule has 0 saturated carbocycles. The van der Waals surface area contributed by atoms with Crippen LogP contribution < -0.4 is 0 Å². The zero-order chi connectivity index (χ0) is 7.28. The van der Waals surface area contributed by atoms with Gasteiger partial charge in [-0.15, -0.1) is 0 Å². The fourth-order valence-corrected chi connectivity index (χ4v) is 0.239. The molecule has 1 unspecified atom stereocenters. The Kier molecular flexibility index (Phi) is 3.98. The van der Waals surface area contributed by atoms with E-state index >= 15 is 0 Å². The Bertz CT molecular complexity index is 152. The first kappa shape index (κ1) is 8.38. The third-order valence-corrected chi connectivity index (χ3v) is 0.806. The van der Waals surface area contributed by atoms with Crippen molar-refractivity contribution in [1.29, 1.82) is 0 Å². The van der Waals surface area contributed by atoms with Crippen LogP contribution in [0, 0.1) is 12.0 Å². The van der Waals surface area contributed by atoms with Crippen LogP contribution in [0.5, 0.6) is 0 Å². The number of hydrogen-bond acceptors (Lipinski definition) is 3. The molecule has 0 bridgehead atoms. The molecular formula is C6H8O2S. The first-order valence-electron chi connectivity index (χ1n) is 2.49. The lowest BCUT2D eigenvalue weighted by molar-refractivity contribution is -0.135. The molecular weight excluding hydrogens is 136 g/mol. The van der Waals surface area contributed by atoms with Gasteiger partial charge in [0.05, 0.1) is 5.25 Å². The molecule has 0 N–H and O–H groups in total. The van der Waals surface area contributed by atoms with Gasteiger partial charge >= 0.3 is 5.97 Å². The first-order valence-corrected chi connectivity index (χ1v) is 3.00. The summed E-state index contributed by atoms with van der Waals surface area (Å²) in [5.74, 6) is 2.02. The minimum Gasteiger partial charge on any atom is -0.371 e. The predicted molar refractivity (Wildman–Crippen MR) is 38.0 cm³/mol. The fourth-order valence-electron chi connectivity index (χ4n) is 0.187. The van der Waals surface area contributed by atoms with Gasteiger partial charge in [-0.3, -0.25) is 0 Å². The Morgan fingerprint density at radius 3 is 2.67 bits per heavy atom. The average molecular weight is 144 g/mol. The van der Waals surface area contributed by atoms with E-state index in [1.54, 1.807) is 13.8 Å². The summed E-state index contributed by atoms with van der Waals surface area (Å²) in [5.41, 5.74) is 0. The monoisotopic (exact) mass is 144 g/mol. The molecule has 0 heterocycles.